The fraction of sp³-hybridized carbons (Fsp3) is 0. The average molecular weight is 269 g/mol. The molecule has 2 aromatic carbocycles. The van der Waals surface area contributed by atoms with Crippen molar-refractivity contribution in [1.29, 1.82) is 0 Å². The molecule has 6 heteroatoms. The number of anilines is 1. The third-order valence-electron chi connectivity index (χ3n) is 2.79. The fourth-order valence-electron chi connectivity index (χ4n) is 1.79. The number of hydrogen-bond donors (Lipinski definition) is 3. The molecule has 0 fully saturated rings. The molecule has 0 aliphatic heterocycles. The minimum Gasteiger partial charge on any atom is -0.504 e. The van der Waals surface area contributed by atoms with E-state index in [0.717, 1.165) is 0 Å². The van der Waals surface area contributed by atoms with Crippen LogP contribution in [0.3, 0.4) is 0 Å². The molecule has 100 valence electrons. The molecule has 4 N–H and O–H groups in total. The van der Waals surface area contributed by atoms with Gasteiger partial charge in [-0.1, -0.05) is 11.2 Å². The lowest BCUT2D eigenvalue weighted by molar-refractivity contribution is 0.404. The summed E-state index contributed by atoms with van der Waals surface area (Å²) in [4.78, 5) is 4.24. The van der Waals surface area contributed by atoms with Crippen LogP contribution in [0.4, 0.5) is 5.69 Å². The molecule has 6 nitrogen and oxygen atoms in total. The summed E-state index contributed by atoms with van der Waals surface area (Å²) in [6.07, 6.45) is 0. The Morgan fingerprint density at radius 3 is 2.55 bits per heavy atom. The number of hydrogen-bond acceptors (Lipinski definition) is 6. The number of nitrogens with two attached hydrogens (primary N) is 1. The Labute approximate surface area is 114 Å². The van der Waals surface area contributed by atoms with Gasteiger partial charge in [0.05, 0.1) is 0 Å². The van der Waals surface area contributed by atoms with Gasteiger partial charge in [-0.25, -0.2) is 0 Å². The Morgan fingerprint density at radius 1 is 0.950 bits per heavy atom. The summed E-state index contributed by atoms with van der Waals surface area (Å²) in [6.45, 7) is 0. The van der Waals surface area contributed by atoms with Gasteiger partial charge in [0.2, 0.25) is 5.82 Å². The number of nitrogens with zero attached hydrogens (tertiary/aromatic N) is 2. The second-order valence-corrected chi connectivity index (χ2v) is 4.25. The van der Waals surface area contributed by atoms with Gasteiger partial charge < -0.3 is 20.5 Å². The molecule has 0 spiro atoms. The Kier molecular flexibility index (Phi) is 2.76. The Hall–Kier alpha value is -3.02. The van der Waals surface area contributed by atoms with Crippen LogP contribution < -0.4 is 5.73 Å². The van der Waals surface area contributed by atoms with E-state index in [1.165, 1.54) is 12.1 Å². The predicted molar refractivity (Wildman–Crippen MR) is 72.9 cm³/mol. The van der Waals surface area contributed by atoms with Crippen molar-refractivity contribution in [2.45, 2.75) is 0 Å². The molecule has 0 saturated carbocycles. The summed E-state index contributed by atoms with van der Waals surface area (Å²) < 4.78 is 5.17. The van der Waals surface area contributed by atoms with Gasteiger partial charge in [-0.2, -0.15) is 4.98 Å². The summed E-state index contributed by atoms with van der Waals surface area (Å²) >= 11 is 0. The topological polar surface area (TPSA) is 105 Å². The van der Waals surface area contributed by atoms with Crippen LogP contribution in [-0.4, -0.2) is 20.4 Å². The van der Waals surface area contributed by atoms with Crippen LogP contribution in [0, 0.1) is 0 Å². The minimum atomic E-state index is -0.238. The van der Waals surface area contributed by atoms with E-state index in [4.69, 9.17) is 10.3 Å². The van der Waals surface area contributed by atoms with Crippen LogP contribution in [0.15, 0.2) is 47.0 Å². The molecular weight excluding hydrogens is 258 g/mol. The Morgan fingerprint density at radius 2 is 1.80 bits per heavy atom. The molecular formula is C14H11N3O3. The smallest absolute Gasteiger partial charge is 0.258 e. The van der Waals surface area contributed by atoms with Gasteiger partial charge in [0, 0.05) is 16.8 Å². The molecule has 0 aliphatic rings. The van der Waals surface area contributed by atoms with Gasteiger partial charge in [0.15, 0.2) is 11.5 Å². The zero-order chi connectivity index (χ0) is 14.1. The van der Waals surface area contributed by atoms with Crippen LogP contribution in [0.5, 0.6) is 11.5 Å². The molecule has 0 amide bonds. The molecule has 0 radical (unpaired) electrons. The number of rotatable bonds is 2. The molecule has 0 aliphatic carbocycles. The van der Waals surface area contributed by atoms with Crippen molar-refractivity contribution in [2.75, 3.05) is 5.73 Å². The molecule has 20 heavy (non-hydrogen) atoms. The maximum Gasteiger partial charge on any atom is 0.258 e. The van der Waals surface area contributed by atoms with Gasteiger partial charge >= 0.3 is 0 Å². The molecule has 3 rings (SSSR count). The van der Waals surface area contributed by atoms with Gasteiger partial charge in [-0.15, -0.1) is 0 Å². The third kappa shape index (κ3) is 2.14. The summed E-state index contributed by atoms with van der Waals surface area (Å²) in [5.41, 5.74) is 7.56. The van der Waals surface area contributed by atoms with Crippen molar-refractivity contribution in [2.24, 2.45) is 0 Å². The van der Waals surface area contributed by atoms with Crippen molar-refractivity contribution in [3.63, 3.8) is 0 Å². The second kappa shape index (κ2) is 4.58. The normalized spacial score (nSPS) is 10.6. The molecule has 1 heterocycles. The zero-order valence-corrected chi connectivity index (χ0v) is 10.3. The summed E-state index contributed by atoms with van der Waals surface area (Å²) in [6, 6.07) is 11.4. The number of aromatic hydroxyl groups is 2. The average Bonchev–Trinajstić information content (AvgIpc) is 2.92. The van der Waals surface area contributed by atoms with Crippen molar-refractivity contribution in [3.05, 3.63) is 42.5 Å². The summed E-state index contributed by atoms with van der Waals surface area (Å²) in [7, 11) is 0. The first-order valence-electron chi connectivity index (χ1n) is 5.85. The van der Waals surface area contributed by atoms with Crippen LogP contribution >= 0.6 is 0 Å². The van der Waals surface area contributed by atoms with Crippen molar-refractivity contribution < 1.29 is 14.7 Å². The maximum absolute atomic E-state index is 9.47. The monoisotopic (exact) mass is 269 g/mol. The number of aromatic nitrogens is 2. The predicted octanol–water partition coefficient (Wildman–Crippen LogP) is 2.40. The third-order valence-corrected chi connectivity index (χ3v) is 2.79. The standard InChI is InChI=1S/C14H11N3O3/c15-10-3-1-2-9(6-10)14-16-13(17-20-14)8-4-5-11(18)12(19)7-8/h1-7,18-19H,15H2. The number of nitrogen functional groups attached to an aromatic ring is 1. The molecule has 0 bridgehead atoms. The lowest BCUT2D eigenvalue weighted by atomic mass is 10.2. The van der Waals surface area contributed by atoms with E-state index in [0.29, 0.717) is 28.5 Å². The summed E-state index contributed by atoms with van der Waals surface area (Å²) in [5.74, 6) is 0.212. The highest BCUT2D eigenvalue weighted by Gasteiger charge is 2.12. The fourth-order valence-corrected chi connectivity index (χ4v) is 1.79. The Bertz CT molecular complexity index is 768. The molecule has 1 aromatic heterocycles. The van der Waals surface area contributed by atoms with E-state index in [1.54, 1.807) is 24.3 Å². The van der Waals surface area contributed by atoms with E-state index >= 15 is 0 Å². The lowest BCUT2D eigenvalue weighted by Gasteiger charge is -1.98. The first kappa shape index (κ1) is 12.0. The second-order valence-electron chi connectivity index (χ2n) is 4.25. The van der Waals surface area contributed by atoms with E-state index in [1.807, 2.05) is 6.07 Å². The van der Waals surface area contributed by atoms with Crippen LogP contribution in [-0.2, 0) is 0 Å². The molecule has 0 atom stereocenters. The van der Waals surface area contributed by atoms with Crippen LogP contribution in [0.25, 0.3) is 22.8 Å². The largest absolute Gasteiger partial charge is 0.504 e. The minimum absolute atomic E-state index is 0.201. The maximum atomic E-state index is 9.47. The zero-order valence-electron chi connectivity index (χ0n) is 10.3. The van der Waals surface area contributed by atoms with Crippen LogP contribution in [0.2, 0.25) is 0 Å². The number of phenolic OH excluding ortho intramolecular Hbond substituents is 2. The number of phenols is 2. The van der Waals surface area contributed by atoms with Crippen molar-refractivity contribution in [1.82, 2.24) is 10.1 Å². The van der Waals surface area contributed by atoms with Crippen molar-refractivity contribution >= 4 is 5.69 Å². The SMILES string of the molecule is Nc1cccc(-c2nc(-c3ccc(O)c(O)c3)no2)c1. The van der Waals surface area contributed by atoms with Gasteiger partial charge in [0.25, 0.3) is 5.89 Å². The van der Waals surface area contributed by atoms with E-state index in [9.17, 15) is 10.2 Å². The molecule has 0 unspecified atom stereocenters. The quantitative estimate of drug-likeness (QED) is 0.487. The summed E-state index contributed by atoms with van der Waals surface area (Å²) in [5, 5.41) is 22.6. The molecule has 0 saturated heterocycles. The van der Waals surface area contributed by atoms with Gasteiger partial charge in [-0.05, 0) is 36.4 Å². The van der Waals surface area contributed by atoms with E-state index in [-0.39, 0.29) is 11.5 Å². The first-order valence-corrected chi connectivity index (χ1v) is 5.85. The van der Waals surface area contributed by atoms with Gasteiger partial charge in [0.1, 0.15) is 0 Å². The highest BCUT2D eigenvalue weighted by atomic mass is 16.5. The first-order chi connectivity index (χ1) is 9.63. The molecule has 3 aromatic rings. The van der Waals surface area contributed by atoms with Crippen LogP contribution in [0.1, 0.15) is 0 Å². The van der Waals surface area contributed by atoms with E-state index < -0.39 is 0 Å². The van der Waals surface area contributed by atoms with Crippen molar-refractivity contribution in [3.8, 4) is 34.3 Å². The number of benzene rings is 2. The highest BCUT2D eigenvalue weighted by Crippen LogP contribution is 2.30. The lowest BCUT2D eigenvalue weighted by Crippen LogP contribution is -1.85. The van der Waals surface area contributed by atoms with E-state index in [2.05, 4.69) is 10.1 Å². The highest BCUT2D eigenvalue weighted by molar-refractivity contribution is 5.64. The van der Waals surface area contributed by atoms with Gasteiger partial charge in [-0.3, -0.25) is 0 Å². The Balaban J connectivity index is 1.99.